The van der Waals surface area contributed by atoms with Crippen LogP contribution in [0.3, 0.4) is 0 Å². The van der Waals surface area contributed by atoms with Gasteiger partial charge >= 0.3 is 5.97 Å². The zero-order valence-electron chi connectivity index (χ0n) is 10.1. The quantitative estimate of drug-likeness (QED) is 0.712. The number of aromatic hydroxyl groups is 1. The summed E-state index contributed by atoms with van der Waals surface area (Å²) in [4.78, 5) is 22.8. The van der Waals surface area contributed by atoms with E-state index in [1.165, 1.54) is 18.2 Å². The van der Waals surface area contributed by atoms with Crippen LogP contribution in [0.25, 0.3) is 0 Å². The van der Waals surface area contributed by atoms with E-state index < -0.39 is 11.7 Å². The fourth-order valence-corrected chi connectivity index (χ4v) is 2.17. The summed E-state index contributed by atoms with van der Waals surface area (Å²) >= 11 is 2.10. The first-order valence-electron chi connectivity index (χ1n) is 5.60. The van der Waals surface area contributed by atoms with E-state index in [-0.39, 0.29) is 11.5 Å². The number of carbonyl (C=O) groups excluding carboxylic acids is 1. The van der Waals surface area contributed by atoms with Crippen molar-refractivity contribution >= 4 is 40.2 Å². The van der Waals surface area contributed by atoms with Gasteiger partial charge in [-0.2, -0.15) is 0 Å². The van der Waals surface area contributed by atoms with Crippen LogP contribution in [0.15, 0.2) is 42.5 Å². The maximum absolute atomic E-state index is 12.0. The van der Waals surface area contributed by atoms with Gasteiger partial charge in [0.25, 0.3) is 5.91 Å². The van der Waals surface area contributed by atoms with Gasteiger partial charge in [0, 0.05) is 20.9 Å². The number of benzene rings is 2. The van der Waals surface area contributed by atoms with Crippen LogP contribution >= 0.6 is 22.6 Å². The number of carbonyl (C=O) groups is 2. The number of halogens is 1. The number of carboxylic acids is 1. The zero-order chi connectivity index (χ0) is 14.7. The summed E-state index contributed by atoms with van der Waals surface area (Å²) in [7, 11) is 0. The minimum absolute atomic E-state index is 0.211. The SMILES string of the molecule is O=C(Nc1ccc(C(=O)O)c(O)c1)c1cccc(I)c1. The molecule has 0 aliphatic heterocycles. The van der Waals surface area contributed by atoms with Gasteiger partial charge in [0.05, 0.1) is 0 Å². The summed E-state index contributed by atoms with van der Waals surface area (Å²) in [5, 5.41) is 21.0. The van der Waals surface area contributed by atoms with Gasteiger partial charge in [0.2, 0.25) is 0 Å². The molecule has 0 unspecified atom stereocenters. The van der Waals surface area contributed by atoms with Gasteiger partial charge in [-0.25, -0.2) is 4.79 Å². The van der Waals surface area contributed by atoms with Gasteiger partial charge in [0.15, 0.2) is 0 Å². The third-order valence-corrected chi connectivity index (χ3v) is 3.24. The molecule has 0 aliphatic carbocycles. The number of hydrogen-bond acceptors (Lipinski definition) is 3. The van der Waals surface area contributed by atoms with E-state index in [4.69, 9.17) is 5.11 Å². The molecule has 1 amide bonds. The summed E-state index contributed by atoms with van der Waals surface area (Å²) in [6.07, 6.45) is 0. The predicted molar refractivity (Wildman–Crippen MR) is 82.2 cm³/mol. The molecular weight excluding hydrogens is 373 g/mol. The normalized spacial score (nSPS) is 10.1. The Morgan fingerprint density at radius 1 is 1.10 bits per heavy atom. The molecule has 2 rings (SSSR count). The molecule has 3 N–H and O–H groups in total. The molecule has 0 aromatic heterocycles. The molecule has 0 spiro atoms. The third-order valence-electron chi connectivity index (χ3n) is 2.57. The van der Waals surface area contributed by atoms with Crippen LogP contribution in [-0.2, 0) is 0 Å². The van der Waals surface area contributed by atoms with Gasteiger partial charge in [-0.1, -0.05) is 6.07 Å². The summed E-state index contributed by atoms with van der Waals surface area (Å²) < 4.78 is 0.930. The molecular formula is C14H10INO4. The molecule has 0 bridgehead atoms. The Balaban J connectivity index is 2.20. The van der Waals surface area contributed by atoms with E-state index in [9.17, 15) is 14.7 Å². The van der Waals surface area contributed by atoms with Gasteiger partial charge in [0.1, 0.15) is 11.3 Å². The minimum atomic E-state index is -1.22. The maximum Gasteiger partial charge on any atom is 0.339 e. The average molecular weight is 383 g/mol. The largest absolute Gasteiger partial charge is 0.507 e. The highest BCUT2D eigenvalue weighted by molar-refractivity contribution is 14.1. The van der Waals surface area contributed by atoms with Gasteiger partial charge in [-0.05, 0) is 52.9 Å². The second kappa shape index (κ2) is 5.91. The predicted octanol–water partition coefficient (Wildman–Crippen LogP) is 2.95. The van der Waals surface area contributed by atoms with Crippen molar-refractivity contribution in [3.05, 3.63) is 57.2 Å². The van der Waals surface area contributed by atoms with Crippen LogP contribution in [0, 0.1) is 3.57 Å². The monoisotopic (exact) mass is 383 g/mol. The molecule has 0 fully saturated rings. The Bertz CT molecular complexity index is 685. The van der Waals surface area contributed by atoms with E-state index in [1.54, 1.807) is 18.2 Å². The van der Waals surface area contributed by atoms with Crippen LogP contribution in [0.1, 0.15) is 20.7 Å². The smallest absolute Gasteiger partial charge is 0.339 e. The van der Waals surface area contributed by atoms with E-state index in [0.29, 0.717) is 11.3 Å². The van der Waals surface area contributed by atoms with E-state index >= 15 is 0 Å². The topological polar surface area (TPSA) is 86.6 Å². The highest BCUT2D eigenvalue weighted by atomic mass is 127. The van der Waals surface area contributed by atoms with Crippen molar-refractivity contribution in [1.29, 1.82) is 0 Å². The summed E-state index contributed by atoms with van der Waals surface area (Å²) in [6.45, 7) is 0. The average Bonchev–Trinajstić information content (AvgIpc) is 2.38. The molecule has 0 aliphatic rings. The van der Waals surface area contributed by atoms with Gasteiger partial charge < -0.3 is 15.5 Å². The fraction of sp³-hybridized carbons (Fsp3) is 0. The van der Waals surface area contributed by atoms with Crippen molar-refractivity contribution in [2.75, 3.05) is 5.32 Å². The fourth-order valence-electron chi connectivity index (χ4n) is 1.62. The number of hydrogen-bond donors (Lipinski definition) is 3. The standard InChI is InChI=1S/C14H10INO4/c15-9-3-1-2-8(6-9)13(18)16-10-4-5-11(14(19)20)12(17)7-10/h1-7,17H,(H,16,18)(H,19,20). The van der Waals surface area contributed by atoms with E-state index in [2.05, 4.69) is 27.9 Å². The lowest BCUT2D eigenvalue weighted by molar-refractivity contribution is 0.0693. The van der Waals surface area contributed by atoms with Crippen molar-refractivity contribution in [2.45, 2.75) is 0 Å². The van der Waals surface area contributed by atoms with E-state index in [1.807, 2.05) is 6.07 Å². The van der Waals surface area contributed by atoms with E-state index in [0.717, 1.165) is 3.57 Å². The Hall–Kier alpha value is -2.09. The number of phenols is 1. The highest BCUT2D eigenvalue weighted by Gasteiger charge is 2.11. The molecule has 0 saturated heterocycles. The number of nitrogens with one attached hydrogen (secondary N) is 1. The van der Waals surface area contributed by atoms with Crippen LogP contribution in [0.2, 0.25) is 0 Å². The Morgan fingerprint density at radius 2 is 1.85 bits per heavy atom. The highest BCUT2D eigenvalue weighted by Crippen LogP contribution is 2.22. The lowest BCUT2D eigenvalue weighted by Crippen LogP contribution is -2.12. The molecule has 0 atom stereocenters. The summed E-state index contributed by atoms with van der Waals surface area (Å²) in [6, 6.07) is 10.9. The van der Waals surface area contributed by atoms with Gasteiger partial charge in [-0.15, -0.1) is 0 Å². The summed E-state index contributed by atoms with van der Waals surface area (Å²) in [5.41, 5.74) is 0.604. The molecule has 2 aromatic carbocycles. The number of amides is 1. The van der Waals surface area contributed by atoms with Gasteiger partial charge in [-0.3, -0.25) is 4.79 Å². The minimum Gasteiger partial charge on any atom is -0.507 e. The van der Waals surface area contributed by atoms with Crippen LogP contribution < -0.4 is 5.32 Å². The molecule has 0 radical (unpaired) electrons. The number of anilines is 1. The second-order valence-electron chi connectivity index (χ2n) is 4.00. The van der Waals surface area contributed by atoms with Crippen LogP contribution in [0.4, 0.5) is 5.69 Å². The third kappa shape index (κ3) is 3.27. The summed E-state index contributed by atoms with van der Waals surface area (Å²) in [5.74, 6) is -1.94. The van der Waals surface area contributed by atoms with Crippen molar-refractivity contribution in [3.8, 4) is 5.75 Å². The molecule has 102 valence electrons. The Kier molecular flexibility index (Phi) is 4.23. The zero-order valence-corrected chi connectivity index (χ0v) is 12.3. The van der Waals surface area contributed by atoms with Crippen LogP contribution in [-0.4, -0.2) is 22.1 Å². The molecule has 0 heterocycles. The molecule has 6 heteroatoms. The number of carboxylic acid groups (broad SMARTS) is 1. The maximum atomic E-state index is 12.0. The first-order valence-corrected chi connectivity index (χ1v) is 6.68. The van der Waals surface area contributed by atoms with Crippen molar-refractivity contribution in [1.82, 2.24) is 0 Å². The first-order chi connectivity index (χ1) is 9.47. The Labute approximate surface area is 128 Å². The molecule has 0 saturated carbocycles. The molecule has 2 aromatic rings. The Morgan fingerprint density at radius 3 is 2.45 bits per heavy atom. The lowest BCUT2D eigenvalue weighted by atomic mass is 10.1. The lowest BCUT2D eigenvalue weighted by Gasteiger charge is -2.07. The van der Waals surface area contributed by atoms with Crippen molar-refractivity contribution < 1.29 is 19.8 Å². The first kappa shape index (κ1) is 14.3. The van der Waals surface area contributed by atoms with Crippen molar-refractivity contribution in [2.24, 2.45) is 0 Å². The number of aromatic carboxylic acids is 1. The van der Waals surface area contributed by atoms with Crippen molar-refractivity contribution in [3.63, 3.8) is 0 Å². The van der Waals surface area contributed by atoms with Crippen LogP contribution in [0.5, 0.6) is 5.75 Å². The molecule has 5 nitrogen and oxygen atoms in total. The second-order valence-corrected chi connectivity index (χ2v) is 5.25. The number of rotatable bonds is 3. The molecule has 20 heavy (non-hydrogen) atoms.